The molecule has 198 valence electrons. The number of piperazine rings is 1. The number of ether oxygens (including phenoxy) is 3. The SMILES string of the molecule is Nc1cccc(N2CCN(c3ccc(OCC4COC(Cn5ccnc5)(c5ccc(Br)s5)O4)cc3)CC2)c1. The number of benzene rings is 2. The van der Waals surface area contributed by atoms with Gasteiger partial charge in [-0.1, -0.05) is 6.07 Å². The van der Waals surface area contributed by atoms with Crippen LogP contribution in [0.5, 0.6) is 5.75 Å². The third-order valence-electron chi connectivity index (χ3n) is 6.91. The Bertz CT molecular complexity index is 1340. The number of hydrogen-bond acceptors (Lipinski definition) is 8. The van der Waals surface area contributed by atoms with Gasteiger partial charge in [0.1, 0.15) is 18.5 Å². The van der Waals surface area contributed by atoms with E-state index in [1.807, 2.05) is 53.2 Å². The van der Waals surface area contributed by atoms with Gasteiger partial charge in [-0.25, -0.2) is 4.98 Å². The van der Waals surface area contributed by atoms with Crippen LogP contribution in [0, 0.1) is 0 Å². The first-order valence-electron chi connectivity index (χ1n) is 12.7. The standard InChI is InChI=1S/C28H30BrN5O3S/c29-27-9-8-26(38-27)28(19-32-11-10-31-20-32)36-18-25(37-28)17-35-24-6-4-22(5-7-24)33-12-14-34(15-13-33)23-3-1-2-21(30)16-23/h1-11,16,20,25H,12-15,17-19,30H2. The molecule has 0 bridgehead atoms. The number of hydrogen-bond donors (Lipinski definition) is 1. The van der Waals surface area contributed by atoms with Crippen molar-refractivity contribution in [3.8, 4) is 5.75 Å². The molecule has 2 aromatic heterocycles. The van der Waals surface area contributed by atoms with Crippen LogP contribution in [0.3, 0.4) is 0 Å². The first-order chi connectivity index (χ1) is 18.6. The molecule has 4 aromatic rings. The average Bonchev–Trinajstić information content (AvgIpc) is 3.71. The van der Waals surface area contributed by atoms with E-state index in [0.717, 1.165) is 46.3 Å². The third-order valence-corrected chi connectivity index (χ3v) is 8.66. The second-order valence-corrected chi connectivity index (χ2v) is 12.0. The van der Waals surface area contributed by atoms with Gasteiger partial charge >= 0.3 is 0 Å². The van der Waals surface area contributed by atoms with Crippen molar-refractivity contribution in [2.75, 3.05) is 54.9 Å². The minimum atomic E-state index is -0.858. The number of thiophene rings is 1. The van der Waals surface area contributed by atoms with E-state index in [9.17, 15) is 0 Å². The van der Waals surface area contributed by atoms with E-state index in [0.29, 0.717) is 19.8 Å². The Labute approximate surface area is 234 Å². The van der Waals surface area contributed by atoms with Crippen molar-refractivity contribution in [2.24, 2.45) is 0 Å². The fourth-order valence-electron chi connectivity index (χ4n) is 4.96. The summed E-state index contributed by atoms with van der Waals surface area (Å²) in [5.74, 6) is -0.0372. The molecular formula is C28H30BrN5O3S. The number of nitrogens with zero attached hydrogens (tertiary/aromatic N) is 4. The quantitative estimate of drug-likeness (QED) is 0.288. The van der Waals surface area contributed by atoms with E-state index in [2.05, 4.69) is 48.9 Å². The normalized spacial score (nSPS) is 21.7. The Morgan fingerprint density at radius 2 is 1.82 bits per heavy atom. The Balaban J connectivity index is 1.04. The van der Waals surface area contributed by atoms with Crippen molar-refractivity contribution in [1.29, 1.82) is 0 Å². The van der Waals surface area contributed by atoms with Gasteiger partial charge in [-0.2, -0.15) is 0 Å². The van der Waals surface area contributed by atoms with Gasteiger partial charge in [-0.15, -0.1) is 11.3 Å². The summed E-state index contributed by atoms with van der Waals surface area (Å²) in [5.41, 5.74) is 9.15. The van der Waals surface area contributed by atoms with Crippen LogP contribution in [-0.4, -0.2) is 55.0 Å². The van der Waals surface area contributed by atoms with Gasteiger partial charge in [0, 0.05) is 55.6 Å². The summed E-state index contributed by atoms with van der Waals surface area (Å²) >= 11 is 5.18. The molecule has 6 rings (SSSR count). The highest BCUT2D eigenvalue weighted by Gasteiger charge is 2.45. The number of halogens is 1. The molecule has 4 heterocycles. The Hall–Kier alpha value is -3.05. The molecule has 0 amide bonds. The van der Waals surface area contributed by atoms with Gasteiger partial charge in [0.25, 0.3) is 0 Å². The molecule has 8 nitrogen and oxygen atoms in total. The van der Waals surface area contributed by atoms with Crippen LogP contribution >= 0.6 is 27.3 Å². The van der Waals surface area contributed by atoms with Crippen molar-refractivity contribution in [1.82, 2.24) is 9.55 Å². The predicted octanol–water partition coefficient (Wildman–Crippen LogP) is 4.96. The van der Waals surface area contributed by atoms with Crippen LogP contribution in [0.15, 0.2) is 83.2 Å². The maximum Gasteiger partial charge on any atom is 0.223 e. The number of aromatic nitrogens is 2. The maximum absolute atomic E-state index is 6.49. The minimum Gasteiger partial charge on any atom is -0.491 e. The Kier molecular flexibility index (Phi) is 7.29. The van der Waals surface area contributed by atoms with Gasteiger partial charge in [0.2, 0.25) is 5.79 Å². The van der Waals surface area contributed by atoms with E-state index in [4.69, 9.17) is 19.9 Å². The molecule has 2 N–H and O–H groups in total. The van der Waals surface area contributed by atoms with E-state index in [-0.39, 0.29) is 6.10 Å². The summed E-state index contributed by atoms with van der Waals surface area (Å²) in [6.45, 7) is 5.23. The van der Waals surface area contributed by atoms with Crippen LogP contribution < -0.4 is 20.3 Å². The molecule has 0 saturated carbocycles. The predicted molar refractivity (Wildman–Crippen MR) is 154 cm³/mol. The highest BCUT2D eigenvalue weighted by Crippen LogP contribution is 2.41. The molecule has 38 heavy (non-hydrogen) atoms. The first-order valence-corrected chi connectivity index (χ1v) is 14.3. The second kappa shape index (κ2) is 11.0. The Morgan fingerprint density at radius 1 is 1.03 bits per heavy atom. The van der Waals surface area contributed by atoms with Crippen molar-refractivity contribution >= 4 is 44.3 Å². The molecular weight excluding hydrogens is 566 g/mol. The van der Waals surface area contributed by atoms with Gasteiger partial charge in [0.05, 0.1) is 28.1 Å². The van der Waals surface area contributed by atoms with Gasteiger partial charge in [-0.3, -0.25) is 0 Å². The van der Waals surface area contributed by atoms with Crippen LogP contribution in [0.4, 0.5) is 17.1 Å². The lowest BCUT2D eigenvalue weighted by Crippen LogP contribution is -2.46. The minimum absolute atomic E-state index is 0.181. The number of nitrogens with two attached hydrogens (primary N) is 1. The fraction of sp³-hybridized carbons (Fsp3) is 0.321. The van der Waals surface area contributed by atoms with Gasteiger partial charge in [0.15, 0.2) is 0 Å². The second-order valence-electron chi connectivity index (χ2n) is 9.52. The highest BCUT2D eigenvalue weighted by molar-refractivity contribution is 9.11. The highest BCUT2D eigenvalue weighted by atomic mass is 79.9. The molecule has 2 saturated heterocycles. The molecule has 2 aliphatic heterocycles. The van der Waals surface area contributed by atoms with Crippen molar-refractivity contribution in [2.45, 2.75) is 18.4 Å². The number of imidazole rings is 1. The lowest BCUT2D eigenvalue weighted by Gasteiger charge is -2.37. The summed E-state index contributed by atoms with van der Waals surface area (Å²) < 4.78 is 21.9. The maximum atomic E-state index is 6.49. The number of rotatable bonds is 8. The van der Waals surface area contributed by atoms with Crippen LogP contribution in [0.1, 0.15) is 4.88 Å². The largest absolute Gasteiger partial charge is 0.491 e. The zero-order chi connectivity index (χ0) is 26.0. The summed E-state index contributed by atoms with van der Waals surface area (Å²) in [5, 5.41) is 0. The number of nitrogen functional groups attached to an aromatic ring is 1. The van der Waals surface area contributed by atoms with Crippen LogP contribution in [0.25, 0.3) is 0 Å². The number of anilines is 3. The van der Waals surface area contributed by atoms with Gasteiger partial charge in [-0.05, 0) is 70.5 Å². The lowest BCUT2D eigenvalue weighted by molar-refractivity contribution is -0.186. The van der Waals surface area contributed by atoms with E-state index in [1.165, 1.54) is 11.4 Å². The molecule has 0 radical (unpaired) electrons. The first kappa shape index (κ1) is 25.2. The molecule has 2 unspecified atom stereocenters. The third kappa shape index (κ3) is 5.54. The summed E-state index contributed by atoms with van der Waals surface area (Å²) in [4.78, 5) is 9.97. The topological polar surface area (TPSA) is 78.0 Å². The zero-order valence-corrected chi connectivity index (χ0v) is 23.3. The molecule has 10 heteroatoms. The smallest absolute Gasteiger partial charge is 0.223 e. The van der Waals surface area contributed by atoms with Crippen molar-refractivity contribution in [3.05, 3.63) is 88.0 Å². The molecule has 0 aliphatic carbocycles. The van der Waals surface area contributed by atoms with Gasteiger partial charge < -0.3 is 34.3 Å². The summed E-state index contributed by atoms with van der Waals surface area (Å²) in [6.07, 6.45) is 5.27. The monoisotopic (exact) mass is 595 g/mol. The molecule has 2 aromatic carbocycles. The summed E-state index contributed by atoms with van der Waals surface area (Å²) in [6, 6.07) is 20.5. The molecule has 0 spiro atoms. The fourth-order valence-corrected chi connectivity index (χ4v) is 6.43. The van der Waals surface area contributed by atoms with E-state index >= 15 is 0 Å². The van der Waals surface area contributed by atoms with E-state index in [1.54, 1.807) is 23.9 Å². The van der Waals surface area contributed by atoms with Crippen LogP contribution in [0.2, 0.25) is 0 Å². The Morgan fingerprint density at radius 3 is 2.50 bits per heavy atom. The lowest BCUT2D eigenvalue weighted by atomic mass is 10.2. The van der Waals surface area contributed by atoms with Crippen LogP contribution in [-0.2, 0) is 21.8 Å². The zero-order valence-electron chi connectivity index (χ0n) is 20.9. The van der Waals surface area contributed by atoms with E-state index < -0.39 is 5.79 Å². The average molecular weight is 597 g/mol. The molecule has 2 atom stereocenters. The van der Waals surface area contributed by atoms with Crippen molar-refractivity contribution < 1.29 is 14.2 Å². The molecule has 2 aliphatic rings. The molecule has 2 fully saturated rings. The van der Waals surface area contributed by atoms with Crippen molar-refractivity contribution in [3.63, 3.8) is 0 Å². The summed E-state index contributed by atoms with van der Waals surface area (Å²) in [7, 11) is 0.